The lowest BCUT2D eigenvalue weighted by molar-refractivity contribution is 0.112. The molecule has 3 rings (SSSR count). The first-order valence-electron chi connectivity index (χ1n) is 7.30. The Bertz CT molecular complexity index is 787. The number of carbonyl (C=O) groups excluding carboxylic acids is 1. The van der Waals surface area contributed by atoms with E-state index in [1.807, 2.05) is 24.3 Å². The summed E-state index contributed by atoms with van der Waals surface area (Å²) in [4.78, 5) is 11.5. The fourth-order valence-corrected chi connectivity index (χ4v) is 2.86. The average molecular weight is 274 g/mol. The van der Waals surface area contributed by atoms with Gasteiger partial charge in [-0.05, 0) is 47.2 Å². The summed E-state index contributed by atoms with van der Waals surface area (Å²) in [6.07, 6.45) is 2.85. The maximum Gasteiger partial charge on any atom is 0.150 e. The minimum absolute atomic E-state index is 0.835. The molecular formula is C20H18O. The highest BCUT2D eigenvalue weighted by Crippen LogP contribution is 2.22. The van der Waals surface area contributed by atoms with Crippen LogP contribution in [-0.2, 0) is 12.8 Å². The number of aryl methyl sites for hydroxylation is 3. The van der Waals surface area contributed by atoms with Gasteiger partial charge < -0.3 is 0 Å². The van der Waals surface area contributed by atoms with Gasteiger partial charge in [0.2, 0.25) is 0 Å². The molecule has 0 saturated heterocycles. The fourth-order valence-electron chi connectivity index (χ4n) is 2.86. The second-order valence-corrected chi connectivity index (χ2v) is 5.40. The summed E-state index contributed by atoms with van der Waals surface area (Å²) in [6, 6.07) is 20.7. The predicted molar refractivity (Wildman–Crippen MR) is 87.9 cm³/mol. The van der Waals surface area contributed by atoms with Crippen LogP contribution >= 0.6 is 0 Å². The van der Waals surface area contributed by atoms with Crippen molar-refractivity contribution in [3.05, 3.63) is 82.9 Å². The lowest BCUT2D eigenvalue weighted by atomic mass is 9.94. The van der Waals surface area contributed by atoms with Crippen molar-refractivity contribution in [1.82, 2.24) is 0 Å². The van der Waals surface area contributed by atoms with Gasteiger partial charge in [0.25, 0.3) is 0 Å². The fraction of sp³-hybridized carbons (Fsp3) is 0.150. The van der Waals surface area contributed by atoms with E-state index in [0.717, 1.165) is 41.0 Å². The SMILES string of the molecule is Cc1ccccc1CCc1ccc2ccccc2c1C=O. The maximum absolute atomic E-state index is 11.5. The summed E-state index contributed by atoms with van der Waals surface area (Å²) in [5.74, 6) is 0. The van der Waals surface area contributed by atoms with Crippen LogP contribution in [-0.4, -0.2) is 6.29 Å². The van der Waals surface area contributed by atoms with Crippen LogP contribution in [0.3, 0.4) is 0 Å². The van der Waals surface area contributed by atoms with E-state index in [1.54, 1.807) is 0 Å². The van der Waals surface area contributed by atoms with Crippen LogP contribution in [0, 0.1) is 6.92 Å². The number of hydrogen-bond donors (Lipinski definition) is 0. The molecule has 3 aromatic rings. The van der Waals surface area contributed by atoms with Crippen molar-refractivity contribution in [2.75, 3.05) is 0 Å². The average Bonchev–Trinajstić information content (AvgIpc) is 2.53. The van der Waals surface area contributed by atoms with E-state index in [0.29, 0.717) is 0 Å². The monoisotopic (exact) mass is 274 g/mol. The molecule has 0 unspecified atom stereocenters. The van der Waals surface area contributed by atoms with Crippen molar-refractivity contribution >= 4 is 17.1 Å². The zero-order valence-electron chi connectivity index (χ0n) is 12.2. The molecule has 0 spiro atoms. The molecule has 0 saturated carbocycles. The summed E-state index contributed by atoms with van der Waals surface area (Å²) in [6.45, 7) is 2.14. The van der Waals surface area contributed by atoms with Gasteiger partial charge in [0.05, 0.1) is 0 Å². The van der Waals surface area contributed by atoms with Gasteiger partial charge in [-0.25, -0.2) is 0 Å². The zero-order chi connectivity index (χ0) is 14.7. The summed E-state index contributed by atoms with van der Waals surface area (Å²) in [5, 5.41) is 2.18. The molecule has 0 aliphatic carbocycles. The molecular weight excluding hydrogens is 256 g/mol. The Kier molecular flexibility index (Phi) is 3.83. The third-order valence-corrected chi connectivity index (χ3v) is 4.10. The van der Waals surface area contributed by atoms with Gasteiger partial charge in [-0.3, -0.25) is 4.79 Å². The Labute approximate surface area is 125 Å². The molecule has 0 N–H and O–H groups in total. The molecule has 0 heterocycles. The van der Waals surface area contributed by atoms with Crippen LogP contribution in [0.4, 0.5) is 0 Å². The number of aldehydes is 1. The molecule has 1 heteroatoms. The molecule has 0 atom stereocenters. The van der Waals surface area contributed by atoms with E-state index in [-0.39, 0.29) is 0 Å². The normalized spacial score (nSPS) is 10.7. The third kappa shape index (κ3) is 2.73. The van der Waals surface area contributed by atoms with Crippen molar-refractivity contribution in [2.24, 2.45) is 0 Å². The molecule has 21 heavy (non-hydrogen) atoms. The quantitative estimate of drug-likeness (QED) is 0.628. The molecule has 1 nitrogen and oxygen atoms in total. The molecule has 3 aromatic carbocycles. The van der Waals surface area contributed by atoms with Crippen LogP contribution in [0.15, 0.2) is 60.7 Å². The smallest absolute Gasteiger partial charge is 0.150 e. The molecule has 0 radical (unpaired) electrons. The number of rotatable bonds is 4. The highest BCUT2D eigenvalue weighted by molar-refractivity contribution is 5.99. The minimum Gasteiger partial charge on any atom is -0.298 e. The van der Waals surface area contributed by atoms with Crippen LogP contribution in [0.25, 0.3) is 10.8 Å². The van der Waals surface area contributed by atoms with Crippen LogP contribution in [0.1, 0.15) is 27.0 Å². The van der Waals surface area contributed by atoms with Gasteiger partial charge >= 0.3 is 0 Å². The number of fused-ring (bicyclic) bond motifs is 1. The molecule has 0 aliphatic heterocycles. The van der Waals surface area contributed by atoms with Crippen molar-refractivity contribution in [1.29, 1.82) is 0 Å². The Balaban J connectivity index is 1.94. The zero-order valence-corrected chi connectivity index (χ0v) is 12.2. The number of carbonyl (C=O) groups is 1. The van der Waals surface area contributed by atoms with Gasteiger partial charge in [-0.1, -0.05) is 60.7 Å². The minimum atomic E-state index is 0.835. The van der Waals surface area contributed by atoms with Crippen LogP contribution < -0.4 is 0 Å². The molecule has 0 aliphatic rings. The summed E-state index contributed by atoms with van der Waals surface area (Å²) in [7, 11) is 0. The summed E-state index contributed by atoms with van der Waals surface area (Å²) < 4.78 is 0. The predicted octanol–water partition coefficient (Wildman–Crippen LogP) is 4.75. The standard InChI is InChI=1S/C20H18O/c1-15-6-2-3-7-16(15)10-11-18-13-12-17-8-4-5-9-19(17)20(18)14-21/h2-9,12-14H,10-11H2,1H3. The van der Waals surface area contributed by atoms with Crippen molar-refractivity contribution in [3.63, 3.8) is 0 Å². The Hall–Kier alpha value is -2.41. The molecule has 0 fully saturated rings. The summed E-state index contributed by atoms with van der Waals surface area (Å²) in [5.41, 5.74) is 4.63. The van der Waals surface area contributed by atoms with E-state index in [2.05, 4.69) is 43.3 Å². The van der Waals surface area contributed by atoms with E-state index >= 15 is 0 Å². The van der Waals surface area contributed by atoms with Crippen LogP contribution in [0.2, 0.25) is 0 Å². The van der Waals surface area contributed by atoms with Gasteiger partial charge in [0, 0.05) is 5.56 Å². The van der Waals surface area contributed by atoms with Gasteiger partial charge in [0.1, 0.15) is 0 Å². The van der Waals surface area contributed by atoms with Crippen molar-refractivity contribution in [3.8, 4) is 0 Å². The lowest BCUT2D eigenvalue weighted by Crippen LogP contribution is -1.98. The Morgan fingerprint density at radius 1 is 0.810 bits per heavy atom. The Morgan fingerprint density at radius 2 is 1.52 bits per heavy atom. The van der Waals surface area contributed by atoms with Gasteiger partial charge in [-0.2, -0.15) is 0 Å². The second kappa shape index (κ2) is 5.92. The van der Waals surface area contributed by atoms with Gasteiger partial charge in [0.15, 0.2) is 6.29 Å². The van der Waals surface area contributed by atoms with Crippen LogP contribution in [0.5, 0.6) is 0 Å². The number of benzene rings is 3. The molecule has 0 bridgehead atoms. The first-order valence-corrected chi connectivity index (χ1v) is 7.30. The van der Waals surface area contributed by atoms with Crippen molar-refractivity contribution in [2.45, 2.75) is 19.8 Å². The highest BCUT2D eigenvalue weighted by Gasteiger charge is 2.07. The van der Waals surface area contributed by atoms with E-state index in [4.69, 9.17) is 0 Å². The maximum atomic E-state index is 11.5. The van der Waals surface area contributed by atoms with Gasteiger partial charge in [-0.15, -0.1) is 0 Å². The second-order valence-electron chi connectivity index (χ2n) is 5.40. The lowest BCUT2D eigenvalue weighted by Gasteiger charge is -2.10. The highest BCUT2D eigenvalue weighted by atomic mass is 16.1. The van der Waals surface area contributed by atoms with E-state index < -0.39 is 0 Å². The topological polar surface area (TPSA) is 17.1 Å². The third-order valence-electron chi connectivity index (χ3n) is 4.10. The van der Waals surface area contributed by atoms with E-state index in [9.17, 15) is 4.79 Å². The largest absolute Gasteiger partial charge is 0.298 e. The van der Waals surface area contributed by atoms with Crippen molar-refractivity contribution < 1.29 is 4.79 Å². The summed E-state index contributed by atoms with van der Waals surface area (Å²) >= 11 is 0. The Morgan fingerprint density at radius 3 is 2.33 bits per heavy atom. The molecule has 0 amide bonds. The van der Waals surface area contributed by atoms with E-state index in [1.165, 1.54) is 11.1 Å². The number of hydrogen-bond acceptors (Lipinski definition) is 1. The first kappa shape index (κ1) is 13.6. The molecule has 104 valence electrons. The first-order chi connectivity index (χ1) is 10.3. The molecule has 0 aromatic heterocycles.